The Balaban J connectivity index is 1.21. The fraction of sp³-hybridized carbons (Fsp3) is 0.0909. The molecule has 0 atom stereocenters. The van der Waals surface area contributed by atoms with Crippen LogP contribution in [0.4, 0.5) is 5.69 Å². The van der Waals surface area contributed by atoms with Gasteiger partial charge in [0.25, 0.3) is 0 Å². The van der Waals surface area contributed by atoms with Gasteiger partial charge in [-0.2, -0.15) is 10.2 Å². The topological polar surface area (TPSA) is 82.0 Å². The SMILES string of the molecule is O=C(Cc1cnn(-c2ccccc2)c1)Nc1cnn(Cc2cn3ccccc3n2)c1. The summed E-state index contributed by atoms with van der Waals surface area (Å²) in [5.74, 6) is -0.116. The zero-order valence-electron chi connectivity index (χ0n) is 16.1. The standard InChI is InChI=1S/C22H19N7O/c30-22(10-17-11-24-29(13-17)20-6-2-1-3-7-20)26-18-12-23-28(15-18)16-19-14-27-9-5-4-8-21(27)25-19/h1-9,11-15H,10,16H2,(H,26,30). The first-order valence-electron chi connectivity index (χ1n) is 9.57. The number of fused-ring (bicyclic) bond motifs is 1. The largest absolute Gasteiger partial charge is 0.323 e. The van der Waals surface area contributed by atoms with E-state index in [4.69, 9.17) is 0 Å². The average molecular weight is 397 g/mol. The zero-order chi connectivity index (χ0) is 20.3. The maximum Gasteiger partial charge on any atom is 0.228 e. The van der Waals surface area contributed by atoms with Gasteiger partial charge in [0.05, 0.1) is 42.4 Å². The summed E-state index contributed by atoms with van der Waals surface area (Å²) in [7, 11) is 0. The number of para-hydroxylation sites is 1. The highest BCUT2D eigenvalue weighted by Crippen LogP contribution is 2.12. The molecule has 5 aromatic rings. The molecule has 8 nitrogen and oxygen atoms in total. The molecule has 0 fully saturated rings. The Kier molecular flexibility index (Phi) is 4.57. The van der Waals surface area contributed by atoms with E-state index in [1.165, 1.54) is 0 Å². The number of pyridine rings is 1. The lowest BCUT2D eigenvalue weighted by Gasteiger charge is -2.01. The van der Waals surface area contributed by atoms with E-state index in [-0.39, 0.29) is 12.3 Å². The van der Waals surface area contributed by atoms with E-state index < -0.39 is 0 Å². The molecule has 1 amide bonds. The van der Waals surface area contributed by atoms with Gasteiger partial charge < -0.3 is 9.72 Å². The van der Waals surface area contributed by atoms with E-state index in [1.807, 2.05) is 71.5 Å². The summed E-state index contributed by atoms with van der Waals surface area (Å²) in [5, 5.41) is 11.5. The molecule has 0 saturated heterocycles. The highest BCUT2D eigenvalue weighted by molar-refractivity contribution is 5.91. The third kappa shape index (κ3) is 3.83. The first-order chi connectivity index (χ1) is 14.7. The van der Waals surface area contributed by atoms with E-state index in [2.05, 4.69) is 20.5 Å². The molecule has 0 aliphatic carbocycles. The predicted molar refractivity (Wildman–Crippen MR) is 112 cm³/mol. The van der Waals surface area contributed by atoms with Crippen LogP contribution in [0.1, 0.15) is 11.3 Å². The molecule has 0 radical (unpaired) electrons. The Morgan fingerprint density at radius 2 is 1.80 bits per heavy atom. The van der Waals surface area contributed by atoms with Crippen molar-refractivity contribution in [3.8, 4) is 5.69 Å². The minimum Gasteiger partial charge on any atom is -0.323 e. The fourth-order valence-electron chi connectivity index (χ4n) is 3.31. The number of nitrogens with one attached hydrogen (secondary N) is 1. The molecule has 0 unspecified atom stereocenters. The normalized spacial score (nSPS) is 11.1. The van der Waals surface area contributed by atoms with Crippen LogP contribution in [-0.2, 0) is 17.8 Å². The number of rotatable bonds is 6. The second-order valence-corrected chi connectivity index (χ2v) is 6.98. The third-order valence-electron chi connectivity index (χ3n) is 4.68. The first-order valence-corrected chi connectivity index (χ1v) is 9.57. The number of amides is 1. The van der Waals surface area contributed by atoms with E-state index >= 15 is 0 Å². The van der Waals surface area contributed by atoms with Crippen LogP contribution < -0.4 is 5.32 Å². The van der Waals surface area contributed by atoms with Gasteiger partial charge in [0.2, 0.25) is 5.91 Å². The molecule has 148 valence electrons. The molecule has 0 aliphatic rings. The van der Waals surface area contributed by atoms with Crippen LogP contribution in [0.15, 0.2) is 85.7 Å². The Bertz CT molecular complexity index is 1270. The molecule has 0 spiro atoms. The van der Waals surface area contributed by atoms with Crippen molar-refractivity contribution in [1.82, 2.24) is 28.9 Å². The maximum atomic E-state index is 12.4. The van der Waals surface area contributed by atoms with Crippen LogP contribution in [0.2, 0.25) is 0 Å². The highest BCUT2D eigenvalue weighted by Gasteiger charge is 2.09. The van der Waals surface area contributed by atoms with Crippen molar-refractivity contribution < 1.29 is 4.79 Å². The number of imidazole rings is 1. The molecule has 4 aromatic heterocycles. The Hall–Kier alpha value is -4.20. The van der Waals surface area contributed by atoms with E-state index in [0.717, 1.165) is 22.6 Å². The van der Waals surface area contributed by atoms with E-state index in [1.54, 1.807) is 28.0 Å². The zero-order valence-corrected chi connectivity index (χ0v) is 16.1. The summed E-state index contributed by atoms with van der Waals surface area (Å²) < 4.78 is 5.48. The second kappa shape index (κ2) is 7.67. The van der Waals surface area contributed by atoms with Crippen molar-refractivity contribution in [2.24, 2.45) is 0 Å². The quantitative estimate of drug-likeness (QED) is 0.478. The maximum absolute atomic E-state index is 12.4. The number of nitrogens with zero attached hydrogens (tertiary/aromatic N) is 6. The Labute approximate surface area is 172 Å². The van der Waals surface area contributed by atoms with Crippen LogP contribution >= 0.6 is 0 Å². The van der Waals surface area contributed by atoms with Crippen LogP contribution in [0.5, 0.6) is 0 Å². The lowest BCUT2D eigenvalue weighted by Crippen LogP contribution is -2.13. The summed E-state index contributed by atoms with van der Waals surface area (Å²) in [5.41, 5.74) is 4.24. The fourth-order valence-corrected chi connectivity index (χ4v) is 3.31. The van der Waals surface area contributed by atoms with Gasteiger partial charge in [-0.15, -0.1) is 0 Å². The highest BCUT2D eigenvalue weighted by atomic mass is 16.1. The lowest BCUT2D eigenvalue weighted by molar-refractivity contribution is -0.115. The Morgan fingerprint density at radius 1 is 0.933 bits per heavy atom. The van der Waals surface area contributed by atoms with Crippen LogP contribution in [-0.4, -0.2) is 34.9 Å². The molecule has 0 aliphatic heterocycles. The molecule has 0 saturated carbocycles. The van der Waals surface area contributed by atoms with Crippen LogP contribution in [0.3, 0.4) is 0 Å². The van der Waals surface area contributed by atoms with Crippen molar-refractivity contribution in [1.29, 1.82) is 0 Å². The summed E-state index contributed by atoms with van der Waals surface area (Å²) in [6.07, 6.45) is 11.2. The molecular weight excluding hydrogens is 378 g/mol. The number of carbonyl (C=O) groups is 1. The second-order valence-electron chi connectivity index (χ2n) is 6.98. The lowest BCUT2D eigenvalue weighted by atomic mass is 10.2. The summed E-state index contributed by atoms with van der Waals surface area (Å²) in [6, 6.07) is 15.7. The number of carbonyl (C=O) groups excluding carboxylic acids is 1. The number of aromatic nitrogens is 6. The van der Waals surface area contributed by atoms with Gasteiger partial charge in [-0.25, -0.2) is 9.67 Å². The molecule has 1 N–H and O–H groups in total. The molecule has 4 heterocycles. The van der Waals surface area contributed by atoms with Gasteiger partial charge in [-0.05, 0) is 29.8 Å². The minimum atomic E-state index is -0.116. The average Bonchev–Trinajstić information content (AvgIpc) is 3.48. The predicted octanol–water partition coefficient (Wildman–Crippen LogP) is 2.95. The van der Waals surface area contributed by atoms with Crippen molar-refractivity contribution in [2.45, 2.75) is 13.0 Å². The molecule has 0 bridgehead atoms. The van der Waals surface area contributed by atoms with Crippen LogP contribution in [0.25, 0.3) is 11.3 Å². The van der Waals surface area contributed by atoms with Crippen molar-refractivity contribution in [3.63, 3.8) is 0 Å². The van der Waals surface area contributed by atoms with E-state index in [0.29, 0.717) is 12.2 Å². The van der Waals surface area contributed by atoms with E-state index in [9.17, 15) is 4.79 Å². The number of benzene rings is 1. The van der Waals surface area contributed by atoms with Gasteiger partial charge in [0.1, 0.15) is 5.65 Å². The molecule has 8 heteroatoms. The van der Waals surface area contributed by atoms with Gasteiger partial charge in [-0.3, -0.25) is 9.48 Å². The Morgan fingerprint density at radius 3 is 2.67 bits per heavy atom. The van der Waals surface area contributed by atoms with Gasteiger partial charge >= 0.3 is 0 Å². The number of anilines is 1. The van der Waals surface area contributed by atoms with Gasteiger partial charge in [0, 0.05) is 24.8 Å². The number of hydrogen-bond acceptors (Lipinski definition) is 4. The summed E-state index contributed by atoms with van der Waals surface area (Å²) in [6.45, 7) is 0.529. The van der Waals surface area contributed by atoms with Gasteiger partial charge in [-0.1, -0.05) is 24.3 Å². The monoisotopic (exact) mass is 397 g/mol. The molecule has 30 heavy (non-hydrogen) atoms. The molecule has 5 rings (SSSR count). The smallest absolute Gasteiger partial charge is 0.228 e. The molecule has 1 aromatic carbocycles. The third-order valence-corrected chi connectivity index (χ3v) is 4.68. The van der Waals surface area contributed by atoms with Crippen molar-refractivity contribution in [3.05, 3.63) is 97.0 Å². The summed E-state index contributed by atoms with van der Waals surface area (Å²) in [4.78, 5) is 17.0. The minimum absolute atomic E-state index is 0.116. The first kappa shape index (κ1) is 17.9. The molecular formula is C22H19N7O. The van der Waals surface area contributed by atoms with Gasteiger partial charge in [0.15, 0.2) is 0 Å². The summed E-state index contributed by atoms with van der Waals surface area (Å²) >= 11 is 0. The number of hydrogen-bond donors (Lipinski definition) is 1. The van der Waals surface area contributed by atoms with Crippen LogP contribution in [0, 0.1) is 0 Å². The van der Waals surface area contributed by atoms with Crippen molar-refractivity contribution in [2.75, 3.05) is 5.32 Å². The van der Waals surface area contributed by atoms with Crippen molar-refractivity contribution >= 4 is 17.2 Å².